The van der Waals surface area contributed by atoms with Crippen LogP contribution in [0.1, 0.15) is 26.7 Å². The van der Waals surface area contributed by atoms with Crippen molar-refractivity contribution in [3.8, 4) is 0 Å². The van der Waals surface area contributed by atoms with E-state index in [4.69, 9.17) is 0 Å². The van der Waals surface area contributed by atoms with Gasteiger partial charge in [-0.25, -0.2) is 4.72 Å². The van der Waals surface area contributed by atoms with E-state index in [-0.39, 0.29) is 0 Å². The summed E-state index contributed by atoms with van der Waals surface area (Å²) in [5.74, 6) is 1.22. The van der Waals surface area contributed by atoms with Gasteiger partial charge in [0.1, 0.15) is 0 Å². The molecule has 2 unspecified atom stereocenters. The molecular formula is C11H25N3O2S. The zero-order valence-corrected chi connectivity index (χ0v) is 11.9. The van der Waals surface area contributed by atoms with Gasteiger partial charge in [-0.3, -0.25) is 0 Å². The number of nitrogens with zero attached hydrogens (tertiary/aromatic N) is 1. The summed E-state index contributed by atoms with van der Waals surface area (Å²) in [7, 11) is -1.64. The minimum Gasteiger partial charge on any atom is -0.317 e. The van der Waals surface area contributed by atoms with E-state index in [9.17, 15) is 8.42 Å². The highest BCUT2D eigenvalue weighted by atomic mass is 32.2. The van der Waals surface area contributed by atoms with E-state index >= 15 is 0 Å². The van der Waals surface area contributed by atoms with Gasteiger partial charge in [-0.1, -0.05) is 13.8 Å². The average Bonchev–Trinajstić information content (AvgIpc) is 2.98. The fourth-order valence-corrected chi connectivity index (χ4v) is 2.74. The summed E-state index contributed by atoms with van der Waals surface area (Å²) in [4.78, 5) is 0. The van der Waals surface area contributed by atoms with Gasteiger partial charge in [0, 0.05) is 20.1 Å². The molecule has 1 aliphatic rings. The second-order valence-electron chi connectivity index (χ2n) is 4.86. The van der Waals surface area contributed by atoms with Crippen molar-refractivity contribution < 1.29 is 8.42 Å². The molecule has 102 valence electrons. The monoisotopic (exact) mass is 263 g/mol. The quantitative estimate of drug-likeness (QED) is 0.592. The summed E-state index contributed by atoms with van der Waals surface area (Å²) < 4.78 is 27.7. The lowest BCUT2D eigenvalue weighted by Gasteiger charge is -2.17. The molecule has 0 saturated heterocycles. The van der Waals surface area contributed by atoms with Crippen molar-refractivity contribution in [2.45, 2.75) is 26.7 Å². The van der Waals surface area contributed by atoms with Crippen LogP contribution in [-0.4, -0.2) is 45.9 Å². The molecule has 5 nitrogen and oxygen atoms in total. The number of rotatable bonds is 9. The fraction of sp³-hybridized carbons (Fsp3) is 1.00. The zero-order valence-electron chi connectivity index (χ0n) is 11.1. The predicted molar refractivity (Wildman–Crippen MR) is 70.0 cm³/mol. The predicted octanol–water partition coefficient (Wildman–Crippen LogP) is 0.408. The first-order chi connectivity index (χ1) is 7.97. The molecule has 1 rings (SSSR count). The largest absolute Gasteiger partial charge is 0.317 e. The molecule has 1 saturated carbocycles. The Balaban J connectivity index is 2.20. The number of hydrogen-bond donors (Lipinski definition) is 2. The van der Waals surface area contributed by atoms with Crippen LogP contribution in [-0.2, 0) is 10.2 Å². The second kappa shape index (κ2) is 6.68. The van der Waals surface area contributed by atoms with Crippen LogP contribution in [0.2, 0.25) is 0 Å². The molecule has 0 amide bonds. The van der Waals surface area contributed by atoms with E-state index in [1.54, 1.807) is 7.05 Å². The summed E-state index contributed by atoms with van der Waals surface area (Å²) in [6, 6.07) is 0. The van der Waals surface area contributed by atoms with Crippen molar-refractivity contribution in [1.29, 1.82) is 0 Å². The maximum atomic E-state index is 11.8. The Hall–Kier alpha value is -0.170. The standard InChI is InChI=1S/C11H25N3O2S/c1-4-12-6-5-7-14(3)17(15,16)13-9-11-8-10(11)2/h10-13H,4-9H2,1-3H3. The van der Waals surface area contributed by atoms with E-state index in [1.165, 1.54) is 4.31 Å². The van der Waals surface area contributed by atoms with Gasteiger partial charge in [0.15, 0.2) is 0 Å². The molecule has 0 aromatic rings. The van der Waals surface area contributed by atoms with Gasteiger partial charge in [-0.05, 0) is 37.8 Å². The third kappa shape index (κ3) is 5.33. The topological polar surface area (TPSA) is 61.4 Å². The van der Waals surface area contributed by atoms with Crippen molar-refractivity contribution in [2.75, 3.05) is 33.2 Å². The summed E-state index contributed by atoms with van der Waals surface area (Å²) in [5.41, 5.74) is 0. The normalized spacial score (nSPS) is 24.2. The summed E-state index contributed by atoms with van der Waals surface area (Å²) in [6.07, 6.45) is 1.98. The SMILES string of the molecule is CCNCCCN(C)S(=O)(=O)NCC1CC1C. The van der Waals surface area contributed by atoms with Crippen LogP contribution in [0.4, 0.5) is 0 Å². The van der Waals surface area contributed by atoms with Crippen LogP contribution in [0.25, 0.3) is 0 Å². The highest BCUT2D eigenvalue weighted by Crippen LogP contribution is 2.36. The minimum atomic E-state index is -3.27. The van der Waals surface area contributed by atoms with Gasteiger partial charge >= 0.3 is 0 Å². The van der Waals surface area contributed by atoms with Crippen molar-refractivity contribution in [2.24, 2.45) is 11.8 Å². The molecule has 0 spiro atoms. The van der Waals surface area contributed by atoms with Gasteiger partial charge in [0.2, 0.25) is 0 Å². The van der Waals surface area contributed by atoms with E-state index < -0.39 is 10.2 Å². The van der Waals surface area contributed by atoms with Crippen LogP contribution >= 0.6 is 0 Å². The van der Waals surface area contributed by atoms with Crippen molar-refractivity contribution in [3.63, 3.8) is 0 Å². The van der Waals surface area contributed by atoms with Crippen molar-refractivity contribution in [1.82, 2.24) is 14.3 Å². The van der Waals surface area contributed by atoms with Gasteiger partial charge in [-0.15, -0.1) is 0 Å². The molecule has 0 aromatic heterocycles. The molecule has 0 aliphatic heterocycles. The molecule has 6 heteroatoms. The van der Waals surface area contributed by atoms with Gasteiger partial charge in [-0.2, -0.15) is 12.7 Å². The molecule has 17 heavy (non-hydrogen) atoms. The Bertz CT molecular complexity index is 319. The van der Waals surface area contributed by atoms with Crippen LogP contribution in [0.5, 0.6) is 0 Å². The number of hydrogen-bond acceptors (Lipinski definition) is 3. The molecule has 0 bridgehead atoms. The Labute approximate surface area is 105 Å². The zero-order chi connectivity index (χ0) is 12.9. The average molecular weight is 263 g/mol. The lowest BCUT2D eigenvalue weighted by Crippen LogP contribution is -2.40. The van der Waals surface area contributed by atoms with E-state index in [0.29, 0.717) is 24.9 Å². The van der Waals surface area contributed by atoms with Crippen LogP contribution in [0.3, 0.4) is 0 Å². The van der Waals surface area contributed by atoms with Crippen molar-refractivity contribution in [3.05, 3.63) is 0 Å². The maximum Gasteiger partial charge on any atom is 0.279 e. The second-order valence-corrected chi connectivity index (χ2v) is 6.72. The van der Waals surface area contributed by atoms with Gasteiger partial charge in [0.05, 0.1) is 0 Å². The van der Waals surface area contributed by atoms with Gasteiger partial charge in [0.25, 0.3) is 10.2 Å². The van der Waals surface area contributed by atoms with E-state index in [1.807, 2.05) is 6.92 Å². The lowest BCUT2D eigenvalue weighted by molar-refractivity contribution is 0.444. The van der Waals surface area contributed by atoms with E-state index in [0.717, 1.165) is 25.9 Å². The first kappa shape index (κ1) is 14.9. The molecule has 2 N–H and O–H groups in total. The molecular weight excluding hydrogens is 238 g/mol. The molecule has 2 atom stereocenters. The van der Waals surface area contributed by atoms with Crippen LogP contribution in [0.15, 0.2) is 0 Å². The third-order valence-electron chi connectivity index (χ3n) is 3.29. The fourth-order valence-electron chi connectivity index (χ4n) is 1.73. The Morgan fingerprint density at radius 2 is 2.06 bits per heavy atom. The van der Waals surface area contributed by atoms with Gasteiger partial charge < -0.3 is 5.32 Å². The molecule has 0 heterocycles. The molecule has 0 aromatic carbocycles. The first-order valence-electron chi connectivity index (χ1n) is 6.39. The molecule has 1 fully saturated rings. The van der Waals surface area contributed by atoms with E-state index in [2.05, 4.69) is 17.0 Å². The smallest absolute Gasteiger partial charge is 0.279 e. The minimum absolute atomic E-state index is 0.542. The van der Waals surface area contributed by atoms with Crippen molar-refractivity contribution >= 4 is 10.2 Å². The third-order valence-corrected chi connectivity index (χ3v) is 4.83. The highest BCUT2D eigenvalue weighted by Gasteiger charge is 2.33. The summed E-state index contributed by atoms with van der Waals surface area (Å²) >= 11 is 0. The highest BCUT2D eigenvalue weighted by molar-refractivity contribution is 7.87. The molecule has 1 aliphatic carbocycles. The lowest BCUT2D eigenvalue weighted by atomic mass is 10.3. The number of nitrogens with one attached hydrogen (secondary N) is 2. The first-order valence-corrected chi connectivity index (χ1v) is 7.83. The maximum absolute atomic E-state index is 11.8. The van der Waals surface area contributed by atoms with Crippen LogP contribution < -0.4 is 10.0 Å². The Morgan fingerprint density at radius 3 is 2.59 bits per heavy atom. The Kier molecular flexibility index (Phi) is 5.85. The summed E-state index contributed by atoms with van der Waals surface area (Å²) in [5, 5.41) is 3.18. The molecule has 0 radical (unpaired) electrons. The summed E-state index contributed by atoms with van der Waals surface area (Å²) in [6.45, 7) is 7.12. The van der Waals surface area contributed by atoms with Crippen LogP contribution in [0, 0.1) is 11.8 Å². The Morgan fingerprint density at radius 1 is 1.41 bits per heavy atom.